The topological polar surface area (TPSA) is 15.6 Å². The van der Waals surface area contributed by atoms with Crippen LogP contribution in [0.3, 0.4) is 0 Å². The molecule has 1 atom stereocenters. The second-order valence-electron chi connectivity index (χ2n) is 6.69. The second-order valence-corrected chi connectivity index (χ2v) is 8.11. The Labute approximate surface area is 168 Å². The van der Waals surface area contributed by atoms with Gasteiger partial charge in [0.25, 0.3) is 0 Å². The zero-order valence-corrected chi connectivity index (χ0v) is 16.3. The fourth-order valence-electron chi connectivity index (χ4n) is 3.67. The molecule has 1 unspecified atom stereocenters. The van der Waals surface area contributed by atoms with E-state index in [4.69, 9.17) is 16.6 Å². The predicted octanol–water partition coefficient (Wildman–Crippen LogP) is 6.41. The van der Waals surface area contributed by atoms with Crippen LogP contribution in [0.4, 0.5) is 0 Å². The lowest BCUT2D eigenvalue weighted by Gasteiger charge is -2.31. The third-order valence-corrected chi connectivity index (χ3v) is 6.64. The van der Waals surface area contributed by atoms with Crippen molar-refractivity contribution in [1.82, 2.24) is 4.90 Å². The van der Waals surface area contributed by atoms with Gasteiger partial charge in [-0.25, -0.2) is 4.99 Å². The Morgan fingerprint density at radius 3 is 2.22 bits per heavy atom. The molecule has 0 saturated carbocycles. The third kappa shape index (κ3) is 2.78. The number of rotatable bonds is 2. The van der Waals surface area contributed by atoms with E-state index in [0.717, 1.165) is 11.3 Å². The van der Waals surface area contributed by atoms with Gasteiger partial charge in [-0.15, -0.1) is 0 Å². The van der Waals surface area contributed by atoms with Crippen molar-refractivity contribution in [1.29, 1.82) is 0 Å². The first-order valence-electron chi connectivity index (χ1n) is 8.86. The van der Waals surface area contributed by atoms with E-state index in [1.165, 1.54) is 26.5 Å². The van der Waals surface area contributed by atoms with E-state index >= 15 is 0 Å². The number of thioether (sulfide) groups is 1. The average Bonchev–Trinajstić information content (AvgIpc) is 3.11. The number of benzene rings is 3. The van der Waals surface area contributed by atoms with Gasteiger partial charge >= 0.3 is 0 Å². The quantitative estimate of drug-likeness (QED) is 0.471. The zero-order chi connectivity index (χ0) is 18.4. The van der Waals surface area contributed by atoms with Crippen molar-refractivity contribution in [3.63, 3.8) is 0 Å². The first kappa shape index (κ1) is 16.7. The minimum atomic E-state index is 0.139. The summed E-state index contributed by atoms with van der Waals surface area (Å²) in [6, 6.07) is 27.7. The highest BCUT2D eigenvalue weighted by Crippen LogP contribution is 2.54. The van der Waals surface area contributed by atoms with Gasteiger partial charge in [0.2, 0.25) is 0 Å². The standard InChI is InChI=1S/C23H17ClN2S/c1-26-21-18-9-5-6-10-19(18)27-22(21)20(25-23(26)24)17-13-11-16(12-14-17)15-7-3-2-4-8-15/h2-14,21H,1H3. The predicted molar refractivity (Wildman–Crippen MR) is 115 cm³/mol. The maximum absolute atomic E-state index is 6.50. The van der Waals surface area contributed by atoms with Crippen molar-refractivity contribution in [2.75, 3.05) is 7.05 Å². The zero-order valence-electron chi connectivity index (χ0n) is 14.8. The number of hydrogen-bond acceptors (Lipinski definition) is 3. The van der Waals surface area contributed by atoms with Crippen LogP contribution >= 0.6 is 23.4 Å². The van der Waals surface area contributed by atoms with Crippen LogP contribution in [-0.4, -0.2) is 17.2 Å². The van der Waals surface area contributed by atoms with Gasteiger partial charge < -0.3 is 4.90 Å². The molecule has 27 heavy (non-hydrogen) atoms. The average molecular weight is 389 g/mol. The molecule has 3 aromatic rings. The minimum absolute atomic E-state index is 0.139. The monoisotopic (exact) mass is 388 g/mol. The molecule has 0 spiro atoms. The number of amidine groups is 1. The maximum atomic E-state index is 6.50. The van der Waals surface area contributed by atoms with Crippen LogP contribution in [0, 0.1) is 0 Å². The van der Waals surface area contributed by atoms with Crippen molar-refractivity contribution in [3.8, 4) is 11.1 Å². The van der Waals surface area contributed by atoms with Gasteiger partial charge in [-0.3, -0.25) is 0 Å². The van der Waals surface area contributed by atoms with Crippen LogP contribution in [-0.2, 0) is 0 Å². The lowest BCUT2D eigenvalue weighted by molar-refractivity contribution is 0.437. The van der Waals surface area contributed by atoms with Crippen LogP contribution in [0.5, 0.6) is 0 Å². The number of fused-ring (bicyclic) bond motifs is 3. The summed E-state index contributed by atoms with van der Waals surface area (Å²) < 4.78 is 0. The van der Waals surface area contributed by atoms with Crippen LogP contribution in [0.2, 0.25) is 0 Å². The summed E-state index contributed by atoms with van der Waals surface area (Å²) in [5, 5.41) is 0.531. The normalized spacial score (nSPS) is 18.2. The largest absolute Gasteiger partial charge is 0.338 e. The molecule has 2 nitrogen and oxygen atoms in total. The van der Waals surface area contributed by atoms with Gasteiger partial charge in [0.05, 0.1) is 11.7 Å². The van der Waals surface area contributed by atoms with Crippen LogP contribution < -0.4 is 0 Å². The Hall–Kier alpha value is -2.49. The van der Waals surface area contributed by atoms with Crippen LogP contribution in [0.1, 0.15) is 17.2 Å². The molecule has 0 aromatic heterocycles. The summed E-state index contributed by atoms with van der Waals surface area (Å²) in [6.45, 7) is 0. The van der Waals surface area contributed by atoms with E-state index in [1.54, 1.807) is 11.8 Å². The molecular formula is C23H17ClN2S. The first-order valence-corrected chi connectivity index (χ1v) is 10.1. The maximum Gasteiger partial charge on any atom is 0.199 e. The minimum Gasteiger partial charge on any atom is -0.338 e. The van der Waals surface area contributed by atoms with Crippen LogP contribution in [0.25, 0.3) is 16.8 Å². The Balaban J connectivity index is 1.59. The van der Waals surface area contributed by atoms with Gasteiger partial charge in [-0.2, -0.15) is 0 Å². The van der Waals surface area contributed by atoms with E-state index in [1.807, 2.05) is 13.1 Å². The molecule has 0 saturated heterocycles. The summed E-state index contributed by atoms with van der Waals surface area (Å²) in [6.07, 6.45) is 0. The number of aliphatic imine (C=N–C) groups is 1. The molecule has 0 N–H and O–H groups in total. The fraction of sp³-hybridized carbons (Fsp3) is 0.0870. The molecule has 4 heteroatoms. The van der Waals surface area contributed by atoms with E-state index in [2.05, 4.69) is 77.7 Å². The highest BCUT2D eigenvalue weighted by atomic mass is 35.5. The van der Waals surface area contributed by atoms with E-state index in [-0.39, 0.29) is 6.04 Å². The van der Waals surface area contributed by atoms with Gasteiger partial charge in [-0.05, 0) is 34.4 Å². The van der Waals surface area contributed by atoms with Crippen molar-refractivity contribution < 1.29 is 0 Å². The van der Waals surface area contributed by atoms with Crippen molar-refractivity contribution in [2.45, 2.75) is 10.9 Å². The molecule has 3 aromatic carbocycles. The summed E-state index contributed by atoms with van der Waals surface area (Å²) >= 11 is 8.31. The fourth-order valence-corrected chi connectivity index (χ4v) is 5.19. The summed E-state index contributed by atoms with van der Waals surface area (Å²) in [7, 11) is 2.01. The molecule has 0 aliphatic carbocycles. The Morgan fingerprint density at radius 2 is 1.44 bits per heavy atom. The Kier molecular flexibility index (Phi) is 4.07. The molecule has 132 valence electrons. The summed E-state index contributed by atoms with van der Waals surface area (Å²) in [5.74, 6) is 0. The molecule has 2 heterocycles. The second kappa shape index (κ2) is 6.59. The first-order chi connectivity index (χ1) is 13.2. The van der Waals surface area contributed by atoms with Gasteiger partial charge in [0.15, 0.2) is 5.29 Å². The van der Waals surface area contributed by atoms with Gasteiger partial charge in [-0.1, -0.05) is 84.6 Å². The van der Waals surface area contributed by atoms with Gasteiger partial charge in [0.1, 0.15) is 0 Å². The SMILES string of the molecule is CN1C(Cl)=NC(c2ccc(-c3ccccc3)cc2)=C2Sc3ccccc3C21. The molecule has 0 amide bonds. The summed E-state index contributed by atoms with van der Waals surface area (Å²) in [5.41, 5.74) is 5.79. The van der Waals surface area contributed by atoms with Gasteiger partial charge in [0, 0.05) is 22.4 Å². The Bertz CT molecular complexity index is 1070. The van der Waals surface area contributed by atoms with Crippen LogP contribution in [0.15, 0.2) is 93.7 Å². The molecule has 2 aliphatic heterocycles. The third-order valence-electron chi connectivity index (χ3n) is 5.06. The lowest BCUT2D eigenvalue weighted by atomic mass is 9.99. The van der Waals surface area contributed by atoms with E-state index in [0.29, 0.717) is 5.29 Å². The highest BCUT2D eigenvalue weighted by molar-refractivity contribution is 8.03. The lowest BCUT2D eigenvalue weighted by Crippen LogP contribution is -2.30. The molecule has 5 rings (SSSR count). The number of likely N-dealkylation sites (N-methyl/N-ethyl adjacent to an activating group) is 1. The highest BCUT2D eigenvalue weighted by Gasteiger charge is 2.37. The smallest absolute Gasteiger partial charge is 0.199 e. The Morgan fingerprint density at radius 1 is 0.815 bits per heavy atom. The number of halogens is 1. The molecule has 0 fully saturated rings. The van der Waals surface area contributed by atoms with E-state index in [9.17, 15) is 0 Å². The number of hydrogen-bond donors (Lipinski definition) is 0. The number of nitrogens with zero attached hydrogens (tertiary/aromatic N) is 2. The molecule has 0 radical (unpaired) electrons. The molecular weight excluding hydrogens is 372 g/mol. The molecule has 0 bridgehead atoms. The van der Waals surface area contributed by atoms with E-state index < -0.39 is 0 Å². The summed E-state index contributed by atoms with van der Waals surface area (Å²) in [4.78, 5) is 9.31. The van der Waals surface area contributed by atoms with Crippen molar-refractivity contribution in [2.24, 2.45) is 4.99 Å². The molecule has 2 aliphatic rings. The van der Waals surface area contributed by atoms with Crippen molar-refractivity contribution in [3.05, 3.63) is 94.9 Å². The van der Waals surface area contributed by atoms with Crippen molar-refractivity contribution >= 4 is 34.4 Å².